The molecule has 42 heavy (non-hydrogen) atoms. The van der Waals surface area contributed by atoms with Crippen LogP contribution in [0.4, 0.5) is 22.2 Å². The number of carboxylic acid groups (broad SMARTS) is 1. The first-order valence-electron chi connectivity index (χ1n) is 15.1. The van der Waals surface area contributed by atoms with Crippen LogP contribution in [-0.2, 0) is 11.2 Å². The monoisotopic (exact) mass is 597 g/mol. The quantitative estimate of drug-likeness (QED) is 0.354. The fraction of sp³-hybridized carbons (Fsp3) is 0.567. The molecule has 228 valence electrons. The number of piperidine rings is 1. The molecule has 1 aromatic heterocycles. The van der Waals surface area contributed by atoms with Gasteiger partial charge in [-0.1, -0.05) is 12.1 Å². The van der Waals surface area contributed by atoms with E-state index in [1.807, 2.05) is 30.6 Å². The molecule has 4 rings (SSSR count). The molecule has 3 heterocycles. The van der Waals surface area contributed by atoms with Crippen molar-refractivity contribution in [3.63, 3.8) is 0 Å². The van der Waals surface area contributed by atoms with Gasteiger partial charge in [0.2, 0.25) is 5.95 Å². The van der Waals surface area contributed by atoms with Crippen LogP contribution in [0.5, 0.6) is 5.75 Å². The SMILES string of the molecule is CCN(CC)c1ncc(N(CC)C(=S)N2CCCCC2)c(NC(Cc2ccc(OC(=O)N3CCCC3)cc2)C(=O)O)n1. The van der Waals surface area contributed by atoms with E-state index in [1.54, 1.807) is 35.4 Å². The zero-order chi connectivity index (χ0) is 30.1. The second-order valence-electron chi connectivity index (χ2n) is 10.6. The maximum atomic E-state index is 12.5. The lowest BCUT2D eigenvalue weighted by molar-refractivity contribution is -0.137. The molecule has 2 fully saturated rings. The molecule has 1 amide bonds. The second-order valence-corrected chi connectivity index (χ2v) is 11.0. The Bertz CT molecular complexity index is 1210. The van der Waals surface area contributed by atoms with Crippen molar-refractivity contribution in [3.8, 4) is 5.75 Å². The van der Waals surface area contributed by atoms with Crippen LogP contribution in [0.15, 0.2) is 30.5 Å². The average Bonchev–Trinajstić information content (AvgIpc) is 3.55. The molecular weight excluding hydrogens is 554 g/mol. The van der Waals surface area contributed by atoms with Crippen LogP contribution in [0.3, 0.4) is 0 Å². The molecular formula is C30H43N7O4S. The van der Waals surface area contributed by atoms with Gasteiger partial charge in [0.05, 0.1) is 6.20 Å². The summed E-state index contributed by atoms with van der Waals surface area (Å²) in [6.45, 7) is 11.3. The van der Waals surface area contributed by atoms with E-state index < -0.39 is 12.0 Å². The highest BCUT2D eigenvalue weighted by molar-refractivity contribution is 7.80. The van der Waals surface area contributed by atoms with Gasteiger partial charge < -0.3 is 34.8 Å². The lowest BCUT2D eigenvalue weighted by atomic mass is 10.1. The Balaban J connectivity index is 1.56. The van der Waals surface area contributed by atoms with Gasteiger partial charge in [0.25, 0.3) is 0 Å². The normalized spacial score (nSPS) is 15.7. The van der Waals surface area contributed by atoms with Crippen molar-refractivity contribution >= 4 is 46.8 Å². The third kappa shape index (κ3) is 7.78. The largest absolute Gasteiger partial charge is 0.480 e. The van der Waals surface area contributed by atoms with Gasteiger partial charge in [-0.05, 0) is 82.8 Å². The summed E-state index contributed by atoms with van der Waals surface area (Å²) in [5, 5.41) is 14.1. The summed E-state index contributed by atoms with van der Waals surface area (Å²) >= 11 is 5.92. The number of carbonyl (C=O) groups excluding carboxylic acids is 1. The molecule has 0 saturated carbocycles. The van der Waals surface area contributed by atoms with Gasteiger partial charge in [-0.25, -0.2) is 14.6 Å². The summed E-state index contributed by atoms with van der Waals surface area (Å²) in [7, 11) is 0. The maximum absolute atomic E-state index is 12.5. The smallest absolute Gasteiger partial charge is 0.415 e. The third-order valence-corrected chi connectivity index (χ3v) is 8.29. The highest BCUT2D eigenvalue weighted by Crippen LogP contribution is 2.29. The predicted octanol–water partition coefficient (Wildman–Crippen LogP) is 4.62. The van der Waals surface area contributed by atoms with E-state index in [4.69, 9.17) is 21.9 Å². The number of benzene rings is 1. The number of rotatable bonds is 11. The van der Waals surface area contributed by atoms with Gasteiger partial charge in [0, 0.05) is 52.2 Å². The van der Waals surface area contributed by atoms with Crippen molar-refractivity contribution in [2.75, 3.05) is 60.9 Å². The Labute approximate surface area is 253 Å². The molecule has 12 heteroatoms. The van der Waals surface area contributed by atoms with Crippen LogP contribution in [0.2, 0.25) is 0 Å². The number of aromatic nitrogens is 2. The van der Waals surface area contributed by atoms with Crippen LogP contribution < -0.4 is 19.9 Å². The molecule has 1 aromatic carbocycles. The van der Waals surface area contributed by atoms with E-state index in [0.717, 1.165) is 57.4 Å². The van der Waals surface area contributed by atoms with Crippen molar-refractivity contribution in [1.29, 1.82) is 0 Å². The molecule has 1 unspecified atom stereocenters. The van der Waals surface area contributed by atoms with E-state index in [0.29, 0.717) is 47.9 Å². The minimum absolute atomic E-state index is 0.197. The molecule has 1 atom stereocenters. The number of ether oxygens (including phenoxy) is 1. The zero-order valence-corrected chi connectivity index (χ0v) is 25.7. The summed E-state index contributed by atoms with van der Waals surface area (Å²) in [5.74, 6) is 0.383. The van der Waals surface area contributed by atoms with E-state index in [9.17, 15) is 14.7 Å². The summed E-state index contributed by atoms with van der Waals surface area (Å²) in [5.41, 5.74) is 1.44. The van der Waals surface area contributed by atoms with E-state index in [1.165, 1.54) is 6.42 Å². The number of hydrogen-bond donors (Lipinski definition) is 2. The Morgan fingerprint density at radius 3 is 2.19 bits per heavy atom. The van der Waals surface area contributed by atoms with Gasteiger partial charge in [0.15, 0.2) is 10.9 Å². The van der Waals surface area contributed by atoms with Gasteiger partial charge >= 0.3 is 12.1 Å². The molecule has 2 aromatic rings. The van der Waals surface area contributed by atoms with Gasteiger partial charge in [0.1, 0.15) is 17.5 Å². The van der Waals surface area contributed by atoms with Crippen molar-refractivity contribution in [2.24, 2.45) is 0 Å². The fourth-order valence-electron chi connectivity index (χ4n) is 5.35. The molecule has 0 spiro atoms. The molecule has 0 bridgehead atoms. The van der Waals surface area contributed by atoms with Crippen molar-refractivity contribution < 1.29 is 19.4 Å². The number of carbonyl (C=O) groups is 2. The Kier molecular flexibility index (Phi) is 11.2. The molecule has 2 N–H and O–H groups in total. The number of nitrogens with one attached hydrogen (secondary N) is 1. The van der Waals surface area contributed by atoms with Gasteiger partial charge in [-0.2, -0.15) is 4.98 Å². The van der Waals surface area contributed by atoms with Gasteiger partial charge in [-0.3, -0.25) is 0 Å². The Hall–Kier alpha value is -3.67. The van der Waals surface area contributed by atoms with E-state index in [2.05, 4.69) is 15.2 Å². The van der Waals surface area contributed by atoms with Crippen LogP contribution in [-0.4, -0.2) is 93.9 Å². The fourth-order valence-corrected chi connectivity index (χ4v) is 5.76. The predicted molar refractivity (Wildman–Crippen MR) is 169 cm³/mol. The first-order valence-corrected chi connectivity index (χ1v) is 15.5. The van der Waals surface area contributed by atoms with Crippen LogP contribution in [0.1, 0.15) is 58.4 Å². The van der Waals surface area contributed by atoms with Gasteiger partial charge in [-0.15, -0.1) is 0 Å². The number of aliphatic carboxylic acids is 1. The molecule has 2 aliphatic heterocycles. The summed E-state index contributed by atoms with van der Waals surface area (Å²) in [4.78, 5) is 42.2. The molecule has 2 aliphatic rings. The number of hydrogen-bond acceptors (Lipinski definition) is 8. The summed E-state index contributed by atoms with van der Waals surface area (Å²) in [6, 6.07) is 6.01. The number of anilines is 3. The van der Waals surface area contributed by atoms with Crippen molar-refractivity contribution in [3.05, 3.63) is 36.0 Å². The number of thiocarbonyl (C=S) groups is 1. The highest BCUT2D eigenvalue weighted by Gasteiger charge is 2.27. The Morgan fingerprint density at radius 2 is 1.60 bits per heavy atom. The zero-order valence-electron chi connectivity index (χ0n) is 24.9. The van der Waals surface area contributed by atoms with Crippen LogP contribution in [0.25, 0.3) is 0 Å². The third-order valence-electron chi connectivity index (χ3n) is 7.81. The lowest BCUT2D eigenvalue weighted by Crippen LogP contribution is -2.46. The molecule has 0 radical (unpaired) electrons. The standard InChI is InChI=1S/C30H43N7O4S/c1-4-34(5-2)28-31-21-25(37(6-3)29(42)35-16-8-7-9-17-35)26(33-28)32-24(27(38)39)20-22-12-14-23(15-13-22)41-30(40)36-18-10-11-19-36/h12-15,21,24H,4-11,16-20H2,1-3H3,(H,38,39)(H,31,32,33). The van der Waals surface area contributed by atoms with E-state index in [-0.39, 0.29) is 12.5 Å². The van der Waals surface area contributed by atoms with Crippen molar-refractivity contribution in [1.82, 2.24) is 19.8 Å². The summed E-state index contributed by atoms with van der Waals surface area (Å²) < 4.78 is 5.50. The number of likely N-dealkylation sites (tertiary alicyclic amines) is 2. The first-order chi connectivity index (χ1) is 20.3. The van der Waals surface area contributed by atoms with E-state index >= 15 is 0 Å². The average molecular weight is 598 g/mol. The van der Waals surface area contributed by atoms with Crippen LogP contribution in [0, 0.1) is 0 Å². The number of nitrogens with zero attached hydrogens (tertiary/aromatic N) is 6. The topological polar surface area (TPSA) is 114 Å². The molecule has 11 nitrogen and oxygen atoms in total. The maximum Gasteiger partial charge on any atom is 0.415 e. The Morgan fingerprint density at radius 1 is 0.976 bits per heavy atom. The second kappa shape index (κ2) is 15.0. The minimum Gasteiger partial charge on any atom is -0.480 e. The first kappa shape index (κ1) is 31.3. The number of amides is 1. The molecule has 2 saturated heterocycles. The highest BCUT2D eigenvalue weighted by atomic mass is 32.1. The lowest BCUT2D eigenvalue weighted by Gasteiger charge is -2.36. The number of carboxylic acids is 1. The van der Waals surface area contributed by atoms with Crippen molar-refractivity contribution in [2.45, 2.75) is 65.3 Å². The minimum atomic E-state index is -1.00. The summed E-state index contributed by atoms with van der Waals surface area (Å²) in [6.07, 6.45) is 6.95. The van der Waals surface area contributed by atoms with Crippen LogP contribution >= 0.6 is 12.2 Å². The molecule has 0 aliphatic carbocycles.